The maximum atomic E-state index is 11.5. The third kappa shape index (κ3) is 10.4. The number of hydrogen-bond donors (Lipinski definition) is 1. The van der Waals surface area contributed by atoms with Crippen molar-refractivity contribution in [1.29, 1.82) is 0 Å². The molecule has 0 radical (unpaired) electrons. The van der Waals surface area contributed by atoms with Crippen molar-refractivity contribution in [2.45, 2.75) is 39.7 Å². The standard InChI is InChI=1S/C14H23NO6/c1-6-19-11(16)9-10(2)12(17)20-8-7-15-13(18)21-14(3,4)5/h2,6-9H2,1,3-5H3,(H,15,18). The van der Waals surface area contributed by atoms with Gasteiger partial charge in [-0.25, -0.2) is 9.59 Å². The van der Waals surface area contributed by atoms with Crippen LogP contribution in [0.5, 0.6) is 0 Å². The van der Waals surface area contributed by atoms with Gasteiger partial charge in [0.05, 0.1) is 19.6 Å². The highest BCUT2D eigenvalue weighted by Crippen LogP contribution is 2.06. The number of ether oxygens (including phenoxy) is 3. The summed E-state index contributed by atoms with van der Waals surface area (Å²) >= 11 is 0. The van der Waals surface area contributed by atoms with Crippen LogP contribution in [0.2, 0.25) is 0 Å². The highest BCUT2D eigenvalue weighted by molar-refractivity contribution is 5.93. The first-order chi connectivity index (χ1) is 9.65. The molecule has 7 nitrogen and oxygen atoms in total. The highest BCUT2D eigenvalue weighted by Gasteiger charge is 2.16. The van der Waals surface area contributed by atoms with Crippen molar-refractivity contribution in [3.05, 3.63) is 12.2 Å². The molecule has 0 bridgehead atoms. The molecule has 120 valence electrons. The molecule has 1 amide bonds. The van der Waals surface area contributed by atoms with Crippen molar-refractivity contribution in [3.8, 4) is 0 Å². The predicted octanol–water partition coefficient (Wildman–Crippen LogP) is 1.56. The van der Waals surface area contributed by atoms with Crippen LogP contribution in [0, 0.1) is 0 Å². The van der Waals surface area contributed by atoms with Crippen LogP contribution in [-0.4, -0.2) is 43.4 Å². The van der Waals surface area contributed by atoms with E-state index in [2.05, 4.69) is 16.6 Å². The van der Waals surface area contributed by atoms with Gasteiger partial charge in [0.1, 0.15) is 12.2 Å². The average Bonchev–Trinajstić information content (AvgIpc) is 2.32. The molecule has 0 atom stereocenters. The molecule has 0 heterocycles. The van der Waals surface area contributed by atoms with Crippen LogP contribution in [0.3, 0.4) is 0 Å². The Labute approximate surface area is 124 Å². The molecule has 1 N–H and O–H groups in total. The Balaban J connectivity index is 3.87. The Morgan fingerprint density at radius 1 is 1.14 bits per heavy atom. The van der Waals surface area contributed by atoms with Crippen molar-refractivity contribution >= 4 is 18.0 Å². The van der Waals surface area contributed by atoms with E-state index in [0.29, 0.717) is 0 Å². The van der Waals surface area contributed by atoms with Gasteiger partial charge in [0.25, 0.3) is 0 Å². The van der Waals surface area contributed by atoms with Gasteiger partial charge in [-0.2, -0.15) is 0 Å². The second kappa shape index (κ2) is 8.99. The second-order valence-corrected chi connectivity index (χ2v) is 5.15. The van der Waals surface area contributed by atoms with Gasteiger partial charge in [0, 0.05) is 5.57 Å². The van der Waals surface area contributed by atoms with Gasteiger partial charge in [-0.05, 0) is 27.7 Å². The fourth-order valence-electron chi connectivity index (χ4n) is 1.17. The van der Waals surface area contributed by atoms with Crippen LogP contribution in [0.25, 0.3) is 0 Å². The Bertz CT molecular complexity index is 397. The van der Waals surface area contributed by atoms with Crippen LogP contribution in [0.15, 0.2) is 12.2 Å². The number of carbonyl (C=O) groups is 3. The van der Waals surface area contributed by atoms with Crippen LogP contribution in [0.1, 0.15) is 34.1 Å². The summed E-state index contributed by atoms with van der Waals surface area (Å²) in [5.41, 5.74) is -0.583. The highest BCUT2D eigenvalue weighted by atomic mass is 16.6. The Morgan fingerprint density at radius 3 is 2.29 bits per heavy atom. The fourth-order valence-corrected chi connectivity index (χ4v) is 1.17. The third-order valence-corrected chi connectivity index (χ3v) is 1.96. The summed E-state index contributed by atoms with van der Waals surface area (Å²) in [6, 6.07) is 0. The van der Waals surface area contributed by atoms with Gasteiger partial charge in [0.2, 0.25) is 0 Å². The number of esters is 2. The first-order valence-electron chi connectivity index (χ1n) is 6.63. The molecule has 0 rings (SSSR count). The van der Waals surface area contributed by atoms with E-state index in [9.17, 15) is 14.4 Å². The zero-order valence-electron chi connectivity index (χ0n) is 13.0. The van der Waals surface area contributed by atoms with E-state index < -0.39 is 23.6 Å². The summed E-state index contributed by atoms with van der Waals surface area (Å²) in [5, 5.41) is 2.43. The number of rotatable bonds is 7. The van der Waals surface area contributed by atoms with E-state index in [-0.39, 0.29) is 31.8 Å². The monoisotopic (exact) mass is 301 g/mol. The van der Waals surface area contributed by atoms with Crippen molar-refractivity contribution in [3.63, 3.8) is 0 Å². The van der Waals surface area contributed by atoms with E-state index in [4.69, 9.17) is 9.47 Å². The second-order valence-electron chi connectivity index (χ2n) is 5.15. The lowest BCUT2D eigenvalue weighted by molar-refractivity contribution is -0.145. The molecular formula is C14H23NO6. The SMILES string of the molecule is C=C(CC(=O)OCC)C(=O)OCCNC(=O)OC(C)(C)C. The molecule has 0 aliphatic heterocycles. The van der Waals surface area contributed by atoms with E-state index in [1.165, 1.54) is 0 Å². The largest absolute Gasteiger partial charge is 0.466 e. The molecule has 0 fully saturated rings. The maximum absolute atomic E-state index is 11.5. The minimum Gasteiger partial charge on any atom is -0.466 e. The number of hydrogen-bond acceptors (Lipinski definition) is 6. The first-order valence-corrected chi connectivity index (χ1v) is 6.63. The number of alkyl carbamates (subject to hydrolysis) is 1. The van der Waals surface area contributed by atoms with Crippen LogP contribution in [-0.2, 0) is 23.8 Å². The molecule has 0 unspecified atom stereocenters. The van der Waals surface area contributed by atoms with Gasteiger partial charge in [-0.1, -0.05) is 6.58 Å². The van der Waals surface area contributed by atoms with Crippen LogP contribution < -0.4 is 5.32 Å². The van der Waals surface area contributed by atoms with Crippen molar-refractivity contribution in [2.75, 3.05) is 19.8 Å². The molecule has 21 heavy (non-hydrogen) atoms. The average molecular weight is 301 g/mol. The first kappa shape index (κ1) is 18.9. The van der Waals surface area contributed by atoms with E-state index in [1.807, 2.05) is 0 Å². The minimum absolute atomic E-state index is 0.00529. The predicted molar refractivity (Wildman–Crippen MR) is 75.6 cm³/mol. The molecular weight excluding hydrogens is 278 g/mol. The topological polar surface area (TPSA) is 90.9 Å². The van der Waals surface area contributed by atoms with E-state index >= 15 is 0 Å². The van der Waals surface area contributed by atoms with Crippen LogP contribution >= 0.6 is 0 Å². The van der Waals surface area contributed by atoms with Crippen LogP contribution in [0.4, 0.5) is 4.79 Å². The summed E-state index contributed by atoms with van der Waals surface area (Å²) in [4.78, 5) is 33.9. The number of amides is 1. The summed E-state index contributed by atoms with van der Waals surface area (Å²) in [5.74, 6) is -1.24. The molecule has 7 heteroatoms. The minimum atomic E-state index is -0.700. The summed E-state index contributed by atoms with van der Waals surface area (Å²) < 4.78 is 14.5. The lowest BCUT2D eigenvalue weighted by atomic mass is 10.2. The zero-order chi connectivity index (χ0) is 16.5. The molecule has 0 aromatic rings. The maximum Gasteiger partial charge on any atom is 0.407 e. The number of nitrogens with one attached hydrogen (secondary N) is 1. The molecule has 0 spiro atoms. The molecule has 0 saturated heterocycles. The van der Waals surface area contributed by atoms with Crippen molar-refractivity contribution in [1.82, 2.24) is 5.32 Å². The zero-order valence-corrected chi connectivity index (χ0v) is 13.0. The molecule has 0 aliphatic carbocycles. The fraction of sp³-hybridized carbons (Fsp3) is 0.643. The lowest BCUT2D eigenvalue weighted by Crippen LogP contribution is -2.34. The normalized spacial score (nSPS) is 10.5. The van der Waals surface area contributed by atoms with Gasteiger partial charge < -0.3 is 19.5 Å². The third-order valence-electron chi connectivity index (χ3n) is 1.96. The molecule has 0 aromatic carbocycles. The molecule has 0 saturated carbocycles. The quantitative estimate of drug-likeness (QED) is 0.332. The van der Waals surface area contributed by atoms with Gasteiger partial charge in [0.15, 0.2) is 0 Å². The van der Waals surface area contributed by atoms with Gasteiger partial charge in [-0.15, -0.1) is 0 Å². The smallest absolute Gasteiger partial charge is 0.407 e. The molecule has 0 aliphatic rings. The Hall–Kier alpha value is -2.05. The van der Waals surface area contributed by atoms with Gasteiger partial charge >= 0.3 is 18.0 Å². The van der Waals surface area contributed by atoms with E-state index in [0.717, 1.165) is 0 Å². The summed E-state index contributed by atoms with van der Waals surface area (Å²) in [7, 11) is 0. The number of carbonyl (C=O) groups excluding carboxylic acids is 3. The summed E-state index contributed by atoms with van der Waals surface area (Å²) in [6.45, 7) is 10.6. The lowest BCUT2D eigenvalue weighted by Gasteiger charge is -2.19. The molecule has 0 aromatic heterocycles. The van der Waals surface area contributed by atoms with Gasteiger partial charge in [-0.3, -0.25) is 4.79 Å². The van der Waals surface area contributed by atoms with Crippen molar-refractivity contribution in [2.24, 2.45) is 0 Å². The Morgan fingerprint density at radius 2 is 1.76 bits per heavy atom. The Kier molecular flexibility index (Phi) is 8.11. The van der Waals surface area contributed by atoms with E-state index in [1.54, 1.807) is 27.7 Å². The summed E-state index contributed by atoms with van der Waals surface area (Å²) in [6.07, 6.45) is -0.810. The van der Waals surface area contributed by atoms with Crippen molar-refractivity contribution < 1.29 is 28.6 Å².